The lowest BCUT2D eigenvalue weighted by molar-refractivity contribution is -0.141. The van der Waals surface area contributed by atoms with E-state index < -0.39 is 15.9 Å². The van der Waals surface area contributed by atoms with Gasteiger partial charge in [-0.15, -0.1) is 0 Å². The molecule has 0 radical (unpaired) electrons. The van der Waals surface area contributed by atoms with Crippen LogP contribution in [0.4, 0.5) is 0 Å². The third kappa shape index (κ3) is 3.96. The second kappa shape index (κ2) is 8.06. The molecule has 8 heteroatoms. The van der Waals surface area contributed by atoms with E-state index in [1.807, 2.05) is 35.2 Å². The van der Waals surface area contributed by atoms with Gasteiger partial charge < -0.3 is 0 Å². The Balaban J connectivity index is 1.38. The first kappa shape index (κ1) is 19.8. The molecule has 0 N–H and O–H groups in total. The molecule has 0 bridgehead atoms. The molecule has 0 aliphatic carbocycles. The molecule has 0 unspecified atom stereocenters. The van der Waals surface area contributed by atoms with Gasteiger partial charge in [-0.05, 0) is 17.7 Å². The van der Waals surface area contributed by atoms with E-state index in [-0.39, 0.29) is 29.8 Å². The summed E-state index contributed by atoms with van der Waals surface area (Å²) in [6.07, 6.45) is 0.186. The van der Waals surface area contributed by atoms with Crippen molar-refractivity contribution in [3.63, 3.8) is 0 Å². The van der Waals surface area contributed by atoms with Crippen LogP contribution in [0.1, 0.15) is 17.9 Å². The molecule has 2 aromatic rings. The quantitative estimate of drug-likeness (QED) is 0.694. The highest BCUT2D eigenvalue weighted by Crippen LogP contribution is 2.29. The zero-order valence-corrected chi connectivity index (χ0v) is 16.8. The number of amides is 2. The van der Waals surface area contributed by atoms with Gasteiger partial charge in [-0.1, -0.05) is 48.5 Å². The minimum absolute atomic E-state index is 0.178. The van der Waals surface area contributed by atoms with Crippen molar-refractivity contribution in [3.8, 4) is 0 Å². The molecular formula is C21H23N3O4S. The number of hydrogen-bond donors (Lipinski definition) is 0. The van der Waals surface area contributed by atoms with Crippen LogP contribution in [0.2, 0.25) is 0 Å². The predicted octanol–water partition coefficient (Wildman–Crippen LogP) is 1.49. The molecule has 2 saturated heterocycles. The van der Waals surface area contributed by atoms with Crippen molar-refractivity contribution < 1.29 is 18.0 Å². The zero-order valence-electron chi connectivity index (χ0n) is 16.0. The van der Waals surface area contributed by atoms with Crippen molar-refractivity contribution in [2.24, 2.45) is 0 Å². The Morgan fingerprint density at radius 3 is 2.03 bits per heavy atom. The first-order valence-electron chi connectivity index (χ1n) is 9.63. The summed E-state index contributed by atoms with van der Waals surface area (Å²) in [7, 11) is -3.52. The molecule has 0 spiro atoms. The second-order valence-electron chi connectivity index (χ2n) is 7.30. The second-order valence-corrected chi connectivity index (χ2v) is 9.24. The lowest BCUT2D eigenvalue weighted by Gasteiger charge is -2.35. The first-order valence-corrected chi connectivity index (χ1v) is 11.1. The molecule has 2 fully saturated rings. The number of benzene rings is 2. The SMILES string of the molecule is O=C1C[C@H](c2ccccc2)C(=O)N1CN1CCN(S(=O)(=O)c2ccccc2)CC1. The van der Waals surface area contributed by atoms with Crippen molar-refractivity contribution in [2.45, 2.75) is 17.2 Å². The number of likely N-dealkylation sites (tertiary alicyclic amines) is 1. The van der Waals surface area contributed by atoms with E-state index in [4.69, 9.17) is 0 Å². The summed E-state index contributed by atoms with van der Waals surface area (Å²) in [6.45, 7) is 1.81. The van der Waals surface area contributed by atoms with Gasteiger partial charge in [0, 0.05) is 32.6 Å². The Labute approximate surface area is 170 Å². The van der Waals surface area contributed by atoms with Crippen molar-refractivity contribution in [3.05, 3.63) is 66.2 Å². The van der Waals surface area contributed by atoms with E-state index in [0.29, 0.717) is 26.2 Å². The molecule has 2 heterocycles. The lowest BCUT2D eigenvalue weighted by Crippen LogP contribution is -2.52. The maximum Gasteiger partial charge on any atom is 0.243 e. The summed E-state index contributed by atoms with van der Waals surface area (Å²) in [5, 5.41) is 0. The minimum atomic E-state index is -3.52. The fourth-order valence-corrected chi connectivity index (χ4v) is 5.27. The normalized spacial score (nSPS) is 21.7. The van der Waals surface area contributed by atoms with Crippen LogP contribution in [0.25, 0.3) is 0 Å². The number of nitrogens with zero attached hydrogens (tertiary/aromatic N) is 3. The fraction of sp³-hybridized carbons (Fsp3) is 0.333. The summed E-state index contributed by atoms with van der Waals surface area (Å²) >= 11 is 0. The number of carbonyl (C=O) groups is 2. The average Bonchev–Trinajstić information content (AvgIpc) is 3.04. The van der Waals surface area contributed by atoms with Gasteiger partial charge in [-0.25, -0.2) is 8.42 Å². The van der Waals surface area contributed by atoms with Crippen LogP contribution in [0, 0.1) is 0 Å². The molecule has 7 nitrogen and oxygen atoms in total. The first-order chi connectivity index (χ1) is 14.0. The number of sulfonamides is 1. The van der Waals surface area contributed by atoms with Crippen LogP contribution in [-0.4, -0.2) is 67.2 Å². The summed E-state index contributed by atoms with van der Waals surface area (Å²) in [4.78, 5) is 28.7. The van der Waals surface area contributed by atoms with E-state index in [2.05, 4.69) is 0 Å². The summed E-state index contributed by atoms with van der Waals surface area (Å²) in [5.74, 6) is -0.785. The van der Waals surface area contributed by atoms with E-state index in [9.17, 15) is 18.0 Å². The van der Waals surface area contributed by atoms with Crippen molar-refractivity contribution in [1.82, 2.24) is 14.1 Å². The Kier molecular flexibility index (Phi) is 5.49. The van der Waals surface area contributed by atoms with Gasteiger partial charge in [-0.3, -0.25) is 19.4 Å². The molecule has 29 heavy (non-hydrogen) atoms. The third-order valence-corrected chi connectivity index (χ3v) is 7.41. The molecule has 2 aromatic carbocycles. The van der Waals surface area contributed by atoms with Crippen LogP contribution >= 0.6 is 0 Å². The van der Waals surface area contributed by atoms with Crippen LogP contribution < -0.4 is 0 Å². The van der Waals surface area contributed by atoms with Crippen LogP contribution in [-0.2, 0) is 19.6 Å². The summed E-state index contributed by atoms with van der Waals surface area (Å²) in [6, 6.07) is 17.7. The van der Waals surface area contributed by atoms with Crippen LogP contribution in [0.5, 0.6) is 0 Å². The van der Waals surface area contributed by atoms with Gasteiger partial charge in [0.1, 0.15) is 0 Å². The molecule has 2 aliphatic heterocycles. The summed E-state index contributed by atoms with van der Waals surface area (Å²) in [5.41, 5.74) is 0.854. The molecule has 2 amide bonds. The van der Waals surface area contributed by atoms with Gasteiger partial charge >= 0.3 is 0 Å². The Morgan fingerprint density at radius 2 is 1.41 bits per heavy atom. The maximum atomic E-state index is 12.8. The molecule has 0 saturated carbocycles. The largest absolute Gasteiger partial charge is 0.283 e. The zero-order chi connectivity index (χ0) is 20.4. The lowest BCUT2D eigenvalue weighted by atomic mass is 9.98. The average molecular weight is 413 g/mol. The standard InChI is InChI=1S/C21H23N3O4S/c25-20-15-19(17-7-3-1-4-8-17)21(26)24(20)16-22-11-13-23(14-12-22)29(27,28)18-9-5-2-6-10-18/h1-10,19H,11-16H2/t19-/m1/s1. The van der Waals surface area contributed by atoms with E-state index >= 15 is 0 Å². The van der Waals surface area contributed by atoms with Crippen LogP contribution in [0.3, 0.4) is 0 Å². The minimum Gasteiger partial charge on any atom is -0.283 e. The number of carbonyl (C=O) groups excluding carboxylic acids is 2. The topological polar surface area (TPSA) is 78.0 Å². The number of hydrogen-bond acceptors (Lipinski definition) is 5. The van der Waals surface area contributed by atoms with Gasteiger partial charge in [0.25, 0.3) is 0 Å². The van der Waals surface area contributed by atoms with Crippen molar-refractivity contribution in [2.75, 3.05) is 32.8 Å². The Morgan fingerprint density at radius 1 is 0.828 bits per heavy atom. The monoisotopic (exact) mass is 413 g/mol. The van der Waals surface area contributed by atoms with Gasteiger partial charge in [0.05, 0.1) is 17.5 Å². The Hall–Kier alpha value is -2.55. The van der Waals surface area contributed by atoms with Crippen molar-refractivity contribution in [1.29, 1.82) is 0 Å². The van der Waals surface area contributed by atoms with Gasteiger partial charge in [0.2, 0.25) is 21.8 Å². The Bertz CT molecular complexity index is 987. The highest BCUT2D eigenvalue weighted by Gasteiger charge is 2.40. The third-order valence-electron chi connectivity index (χ3n) is 5.50. The number of piperazine rings is 1. The van der Waals surface area contributed by atoms with Gasteiger partial charge in [0.15, 0.2) is 0 Å². The molecule has 152 valence electrons. The highest BCUT2D eigenvalue weighted by atomic mass is 32.2. The number of rotatable bonds is 5. The van der Waals surface area contributed by atoms with E-state index in [0.717, 1.165) is 5.56 Å². The molecule has 0 aromatic heterocycles. The smallest absolute Gasteiger partial charge is 0.243 e. The predicted molar refractivity (Wildman–Crippen MR) is 107 cm³/mol. The molecule has 2 aliphatic rings. The van der Waals surface area contributed by atoms with Crippen LogP contribution in [0.15, 0.2) is 65.6 Å². The summed E-state index contributed by atoms with van der Waals surface area (Å²) < 4.78 is 26.9. The van der Waals surface area contributed by atoms with E-state index in [1.54, 1.807) is 30.3 Å². The number of imide groups is 1. The molecule has 1 atom stereocenters. The fourth-order valence-electron chi connectivity index (χ4n) is 3.83. The van der Waals surface area contributed by atoms with Gasteiger partial charge in [-0.2, -0.15) is 4.31 Å². The maximum absolute atomic E-state index is 12.8. The molecule has 4 rings (SSSR count). The van der Waals surface area contributed by atoms with Crippen molar-refractivity contribution >= 4 is 21.8 Å². The van der Waals surface area contributed by atoms with E-state index in [1.165, 1.54) is 9.21 Å². The molecular weight excluding hydrogens is 390 g/mol. The highest BCUT2D eigenvalue weighted by molar-refractivity contribution is 7.89.